The lowest BCUT2D eigenvalue weighted by molar-refractivity contribution is 0.0397. The van der Waals surface area contributed by atoms with Gasteiger partial charge < -0.3 is 9.63 Å². The largest absolute Gasteiger partial charge is 0.389 e. The van der Waals surface area contributed by atoms with Gasteiger partial charge in [0, 0.05) is 13.0 Å². The summed E-state index contributed by atoms with van der Waals surface area (Å²) in [6, 6.07) is 0. The first-order valence-corrected chi connectivity index (χ1v) is 5.63. The van der Waals surface area contributed by atoms with Crippen molar-refractivity contribution in [1.29, 1.82) is 0 Å². The molecular weight excluding hydrogens is 206 g/mol. The topological polar surface area (TPSA) is 62.4 Å². The summed E-state index contributed by atoms with van der Waals surface area (Å²) in [7, 11) is 1.92. The Labute approximate surface area is 96.5 Å². The van der Waals surface area contributed by atoms with E-state index in [2.05, 4.69) is 17.1 Å². The zero-order valence-electron chi connectivity index (χ0n) is 10.5. The predicted octanol–water partition coefficient (Wildman–Crippen LogP) is 1.22. The molecule has 1 heterocycles. The minimum absolute atomic E-state index is 0.568. The highest BCUT2D eigenvalue weighted by atomic mass is 16.5. The minimum Gasteiger partial charge on any atom is -0.389 e. The number of hydrogen-bond donors (Lipinski definition) is 1. The van der Waals surface area contributed by atoms with Gasteiger partial charge in [-0.15, -0.1) is 0 Å². The van der Waals surface area contributed by atoms with Crippen molar-refractivity contribution in [3.8, 4) is 0 Å². The molecule has 0 saturated heterocycles. The molecule has 1 aromatic heterocycles. The van der Waals surface area contributed by atoms with E-state index in [4.69, 9.17) is 4.52 Å². The standard InChI is InChI=1S/C11H21N3O2/c1-5-6-9-12-10(16-13-9)7-14(4)8-11(2,3)15/h15H,5-8H2,1-4H3. The van der Waals surface area contributed by atoms with E-state index in [1.54, 1.807) is 13.8 Å². The Bertz CT molecular complexity index is 317. The molecule has 0 saturated carbocycles. The van der Waals surface area contributed by atoms with Crippen LogP contribution in [0.4, 0.5) is 0 Å². The second-order valence-electron chi connectivity index (χ2n) is 4.84. The summed E-state index contributed by atoms with van der Waals surface area (Å²) in [5.74, 6) is 1.37. The first kappa shape index (κ1) is 13.1. The summed E-state index contributed by atoms with van der Waals surface area (Å²) >= 11 is 0. The van der Waals surface area contributed by atoms with Crippen LogP contribution in [0.5, 0.6) is 0 Å². The fourth-order valence-electron chi connectivity index (χ4n) is 1.63. The maximum absolute atomic E-state index is 9.65. The van der Waals surface area contributed by atoms with Crippen LogP contribution < -0.4 is 0 Å². The second-order valence-corrected chi connectivity index (χ2v) is 4.84. The second kappa shape index (κ2) is 5.41. The molecule has 1 rings (SSSR count). The molecular formula is C11H21N3O2. The van der Waals surface area contributed by atoms with E-state index < -0.39 is 5.60 Å². The summed E-state index contributed by atoms with van der Waals surface area (Å²) in [6.07, 6.45) is 1.86. The molecule has 0 spiro atoms. The number of rotatable bonds is 6. The van der Waals surface area contributed by atoms with Gasteiger partial charge in [0.15, 0.2) is 5.82 Å². The van der Waals surface area contributed by atoms with Gasteiger partial charge in [-0.2, -0.15) is 4.98 Å². The van der Waals surface area contributed by atoms with Crippen molar-refractivity contribution in [1.82, 2.24) is 15.0 Å². The van der Waals surface area contributed by atoms with Crippen molar-refractivity contribution in [3.63, 3.8) is 0 Å². The molecule has 1 aromatic rings. The quantitative estimate of drug-likeness (QED) is 0.791. The van der Waals surface area contributed by atoms with Gasteiger partial charge in [-0.05, 0) is 27.3 Å². The van der Waals surface area contributed by atoms with Gasteiger partial charge in [0.2, 0.25) is 5.89 Å². The van der Waals surface area contributed by atoms with E-state index in [-0.39, 0.29) is 0 Å². The molecule has 0 unspecified atom stereocenters. The van der Waals surface area contributed by atoms with Crippen LogP contribution in [-0.4, -0.2) is 39.3 Å². The lowest BCUT2D eigenvalue weighted by Crippen LogP contribution is -2.35. The summed E-state index contributed by atoms with van der Waals surface area (Å²) < 4.78 is 5.12. The Balaban J connectivity index is 2.46. The fraction of sp³-hybridized carbons (Fsp3) is 0.818. The first-order valence-electron chi connectivity index (χ1n) is 5.63. The monoisotopic (exact) mass is 227 g/mol. The molecule has 92 valence electrons. The van der Waals surface area contributed by atoms with Gasteiger partial charge in [-0.1, -0.05) is 12.1 Å². The van der Waals surface area contributed by atoms with Gasteiger partial charge in [0.1, 0.15) is 0 Å². The van der Waals surface area contributed by atoms with E-state index in [0.717, 1.165) is 18.7 Å². The summed E-state index contributed by atoms with van der Waals surface area (Å²) in [5.41, 5.74) is -0.707. The molecule has 0 aromatic carbocycles. The Kier molecular flexibility index (Phi) is 4.44. The van der Waals surface area contributed by atoms with Crippen LogP contribution in [0, 0.1) is 0 Å². The molecule has 0 aliphatic rings. The van der Waals surface area contributed by atoms with E-state index in [9.17, 15) is 5.11 Å². The molecule has 5 nitrogen and oxygen atoms in total. The third-order valence-electron chi connectivity index (χ3n) is 2.05. The summed E-state index contributed by atoms with van der Waals surface area (Å²) in [6.45, 7) is 6.77. The van der Waals surface area contributed by atoms with Crippen molar-refractivity contribution in [2.75, 3.05) is 13.6 Å². The average Bonchev–Trinajstić information content (AvgIpc) is 2.49. The van der Waals surface area contributed by atoms with Crippen LogP contribution in [0.3, 0.4) is 0 Å². The summed E-state index contributed by atoms with van der Waals surface area (Å²) in [5, 5.41) is 13.5. The maximum atomic E-state index is 9.65. The molecule has 16 heavy (non-hydrogen) atoms. The van der Waals surface area contributed by atoms with Gasteiger partial charge in [0.05, 0.1) is 12.1 Å². The Morgan fingerprint density at radius 3 is 2.69 bits per heavy atom. The lowest BCUT2D eigenvalue weighted by atomic mass is 10.1. The maximum Gasteiger partial charge on any atom is 0.240 e. The number of hydrogen-bond acceptors (Lipinski definition) is 5. The van der Waals surface area contributed by atoms with E-state index in [1.165, 1.54) is 0 Å². The molecule has 0 radical (unpaired) electrons. The smallest absolute Gasteiger partial charge is 0.240 e. The van der Waals surface area contributed by atoms with Gasteiger partial charge in [0.25, 0.3) is 0 Å². The molecule has 0 amide bonds. The highest BCUT2D eigenvalue weighted by Gasteiger charge is 2.17. The molecule has 0 aliphatic carbocycles. The van der Waals surface area contributed by atoms with Crippen LogP contribution in [0.1, 0.15) is 38.9 Å². The SMILES string of the molecule is CCCc1noc(CN(C)CC(C)(C)O)n1. The van der Waals surface area contributed by atoms with E-state index >= 15 is 0 Å². The van der Waals surface area contributed by atoms with Crippen LogP contribution in [0.2, 0.25) is 0 Å². The van der Waals surface area contributed by atoms with E-state index in [0.29, 0.717) is 19.0 Å². The van der Waals surface area contributed by atoms with Crippen molar-refractivity contribution >= 4 is 0 Å². The minimum atomic E-state index is -0.707. The number of aryl methyl sites for hydroxylation is 1. The highest BCUT2D eigenvalue weighted by molar-refractivity contribution is 4.86. The normalized spacial score (nSPS) is 12.4. The molecule has 0 aliphatic heterocycles. The first-order chi connectivity index (χ1) is 7.40. The van der Waals surface area contributed by atoms with Gasteiger partial charge >= 0.3 is 0 Å². The molecule has 5 heteroatoms. The van der Waals surface area contributed by atoms with Gasteiger partial charge in [-0.3, -0.25) is 4.90 Å². The van der Waals surface area contributed by atoms with E-state index in [1.807, 2.05) is 11.9 Å². The Morgan fingerprint density at radius 1 is 1.44 bits per heavy atom. The van der Waals surface area contributed by atoms with Crippen molar-refractivity contribution < 1.29 is 9.63 Å². The zero-order valence-corrected chi connectivity index (χ0v) is 10.5. The third kappa shape index (κ3) is 4.72. The highest BCUT2D eigenvalue weighted by Crippen LogP contribution is 2.07. The average molecular weight is 227 g/mol. The van der Waals surface area contributed by atoms with Crippen molar-refractivity contribution in [2.24, 2.45) is 0 Å². The molecule has 0 fully saturated rings. The Hall–Kier alpha value is -0.940. The van der Waals surface area contributed by atoms with Crippen LogP contribution in [0.25, 0.3) is 0 Å². The zero-order chi connectivity index (χ0) is 12.2. The predicted molar refractivity (Wildman–Crippen MR) is 60.9 cm³/mol. The van der Waals surface area contributed by atoms with Gasteiger partial charge in [-0.25, -0.2) is 0 Å². The van der Waals surface area contributed by atoms with Crippen LogP contribution in [-0.2, 0) is 13.0 Å². The number of nitrogens with zero attached hydrogens (tertiary/aromatic N) is 3. The van der Waals surface area contributed by atoms with Crippen LogP contribution in [0.15, 0.2) is 4.52 Å². The lowest BCUT2D eigenvalue weighted by Gasteiger charge is -2.23. The number of aromatic nitrogens is 2. The summed E-state index contributed by atoms with van der Waals surface area (Å²) in [4.78, 5) is 6.23. The van der Waals surface area contributed by atoms with Crippen molar-refractivity contribution in [2.45, 2.75) is 45.8 Å². The van der Waals surface area contributed by atoms with Crippen molar-refractivity contribution in [3.05, 3.63) is 11.7 Å². The van der Waals surface area contributed by atoms with Crippen LogP contribution >= 0.6 is 0 Å². The fourth-order valence-corrected chi connectivity index (χ4v) is 1.63. The number of likely N-dealkylation sites (N-methyl/N-ethyl adjacent to an activating group) is 1. The molecule has 1 N–H and O–H groups in total. The molecule has 0 atom stereocenters. The Morgan fingerprint density at radius 2 is 2.12 bits per heavy atom. The molecule has 0 bridgehead atoms. The third-order valence-corrected chi connectivity index (χ3v) is 2.05. The number of aliphatic hydroxyl groups is 1.